The molecular formula is C16H12O2. The molecule has 2 nitrogen and oxygen atoms in total. The highest BCUT2D eigenvalue weighted by Gasteiger charge is 2.30. The van der Waals surface area contributed by atoms with Crippen LogP contribution < -0.4 is 0 Å². The second-order valence-corrected chi connectivity index (χ2v) is 4.70. The molecule has 0 atom stereocenters. The lowest BCUT2D eigenvalue weighted by Crippen LogP contribution is -2.22. The Morgan fingerprint density at radius 1 is 0.778 bits per heavy atom. The molecule has 0 fully saturated rings. The summed E-state index contributed by atoms with van der Waals surface area (Å²) in [6, 6.07) is 10.8. The largest absolute Gasteiger partial charge is 0.289 e. The van der Waals surface area contributed by atoms with Gasteiger partial charge in [0.1, 0.15) is 0 Å². The van der Waals surface area contributed by atoms with E-state index in [9.17, 15) is 9.59 Å². The predicted molar refractivity (Wildman–Crippen MR) is 69.2 cm³/mol. The van der Waals surface area contributed by atoms with Crippen molar-refractivity contribution in [3.63, 3.8) is 0 Å². The van der Waals surface area contributed by atoms with Crippen LogP contribution in [-0.2, 0) is 0 Å². The number of hydrogen-bond acceptors (Lipinski definition) is 2. The summed E-state index contributed by atoms with van der Waals surface area (Å²) in [5, 5.41) is 0. The Bertz CT molecular complexity index is 696. The second-order valence-electron chi connectivity index (χ2n) is 4.70. The van der Waals surface area contributed by atoms with E-state index < -0.39 is 0 Å². The molecular weight excluding hydrogens is 224 g/mol. The third kappa shape index (κ3) is 1.35. The fourth-order valence-corrected chi connectivity index (χ4v) is 2.48. The molecule has 0 saturated carbocycles. The van der Waals surface area contributed by atoms with Gasteiger partial charge in [0.05, 0.1) is 0 Å². The molecule has 88 valence electrons. The van der Waals surface area contributed by atoms with Crippen LogP contribution in [0, 0.1) is 13.8 Å². The summed E-state index contributed by atoms with van der Waals surface area (Å²) in [6.07, 6.45) is 0. The van der Waals surface area contributed by atoms with Crippen molar-refractivity contribution >= 4 is 11.6 Å². The number of carbonyl (C=O) groups is 2. The molecule has 2 aromatic rings. The number of aryl methyl sites for hydroxylation is 2. The van der Waals surface area contributed by atoms with Gasteiger partial charge in [0.15, 0.2) is 11.6 Å². The van der Waals surface area contributed by atoms with Crippen molar-refractivity contribution in [1.29, 1.82) is 0 Å². The zero-order valence-corrected chi connectivity index (χ0v) is 10.3. The standard InChI is InChI=1S/C16H12O2/c1-9-6-7-11-13(8-9)16(18)14-10(2)4-3-5-12(14)15(11)17/h3-8H,1-2H3. The Morgan fingerprint density at radius 2 is 1.56 bits per heavy atom. The Morgan fingerprint density at radius 3 is 2.33 bits per heavy atom. The maximum atomic E-state index is 12.5. The van der Waals surface area contributed by atoms with E-state index in [2.05, 4.69) is 0 Å². The molecule has 1 aliphatic rings. The molecule has 0 heterocycles. The van der Waals surface area contributed by atoms with Crippen LogP contribution in [0.3, 0.4) is 0 Å². The lowest BCUT2D eigenvalue weighted by atomic mass is 9.81. The normalized spacial score (nSPS) is 13.2. The van der Waals surface area contributed by atoms with Gasteiger partial charge >= 0.3 is 0 Å². The third-order valence-corrected chi connectivity index (χ3v) is 3.41. The van der Waals surface area contributed by atoms with Gasteiger partial charge in [-0.2, -0.15) is 0 Å². The quantitative estimate of drug-likeness (QED) is 0.601. The Labute approximate surface area is 105 Å². The molecule has 0 radical (unpaired) electrons. The van der Waals surface area contributed by atoms with Gasteiger partial charge in [-0.15, -0.1) is 0 Å². The van der Waals surface area contributed by atoms with Gasteiger partial charge in [0, 0.05) is 22.3 Å². The van der Waals surface area contributed by atoms with Crippen LogP contribution in [0.15, 0.2) is 36.4 Å². The van der Waals surface area contributed by atoms with E-state index in [-0.39, 0.29) is 11.6 Å². The average Bonchev–Trinajstić information content (AvgIpc) is 2.35. The zero-order chi connectivity index (χ0) is 12.9. The molecule has 18 heavy (non-hydrogen) atoms. The van der Waals surface area contributed by atoms with Crippen molar-refractivity contribution in [2.24, 2.45) is 0 Å². The number of fused-ring (bicyclic) bond motifs is 2. The van der Waals surface area contributed by atoms with Crippen LogP contribution in [0.25, 0.3) is 0 Å². The van der Waals surface area contributed by atoms with E-state index in [1.165, 1.54) is 0 Å². The topological polar surface area (TPSA) is 34.1 Å². The fourth-order valence-electron chi connectivity index (χ4n) is 2.48. The maximum absolute atomic E-state index is 12.5. The Hall–Kier alpha value is -2.22. The van der Waals surface area contributed by atoms with Crippen LogP contribution in [-0.4, -0.2) is 11.6 Å². The lowest BCUT2D eigenvalue weighted by Gasteiger charge is -2.19. The van der Waals surface area contributed by atoms with Crippen LogP contribution in [0.2, 0.25) is 0 Å². The maximum Gasteiger partial charge on any atom is 0.194 e. The van der Waals surface area contributed by atoms with Gasteiger partial charge in [-0.3, -0.25) is 9.59 Å². The predicted octanol–water partition coefficient (Wildman–Crippen LogP) is 3.08. The smallest absolute Gasteiger partial charge is 0.194 e. The number of benzene rings is 2. The summed E-state index contributed by atoms with van der Waals surface area (Å²) in [4.78, 5) is 24.8. The minimum atomic E-state index is -0.0525. The van der Waals surface area contributed by atoms with Gasteiger partial charge in [0.2, 0.25) is 0 Å². The third-order valence-electron chi connectivity index (χ3n) is 3.41. The highest BCUT2D eigenvalue weighted by Crippen LogP contribution is 2.29. The van der Waals surface area contributed by atoms with Crippen molar-refractivity contribution in [2.45, 2.75) is 13.8 Å². The summed E-state index contributed by atoms with van der Waals surface area (Å²) in [6.45, 7) is 3.79. The summed E-state index contributed by atoms with van der Waals surface area (Å²) in [5.41, 5.74) is 3.98. The molecule has 0 bridgehead atoms. The highest BCUT2D eigenvalue weighted by atomic mass is 16.1. The molecule has 0 aromatic heterocycles. The van der Waals surface area contributed by atoms with Gasteiger partial charge < -0.3 is 0 Å². The minimum absolute atomic E-state index is 0.0404. The zero-order valence-electron chi connectivity index (χ0n) is 10.3. The first-order valence-corrected chi connectivity index (χ1v) is 5.89. The van der Waals surface area contributed by atoms with Crippen molar-refractivity contribution in [1.82, 2.24) is 0 Å². The van der Waals surface area contributed by atoms with E-state index in [4.69, 9.17) is 0 Å². The van der Waals surface area contributed by atoms with Crippen molar-refractivity contribution in [3.05, 3.63) is 69.8 Å². The van der Waals surface area contributed by atoms with Gasteiger partial charge in [-0.05, 0) is 25.5 Å². The summed E-state index contributed by atoms with van der Waals surface area (Å²) in [5.74, 6) is -0.0929. The van der Waals surface area contributed by atoms with Crippen molar-refractivity contribution in [2.75, 3.05) is 0 Å². The number of ketones is 2. The first-order valence-electron chi connectivity index (χ1n) is 5.89. The number of carbonyl (C=O) groups excluding carboxylic acids is 2. The molecule has 2 heteroatoms. The van der Waals surface area contributed by atoms with E-state index >= 15 is 0 Å². The molecule has 1 aliphatic carbocycles. The molecule has 0 N–H and O–H groups in total. The van der Waals surface area contributed by atoms with E-state index in [0.717, 1.165) is 11.1 Å². The number of hydrogen-bond donors (Lipinski definition) is 0. The molecule has 2 aromatic carbocycles. The first-order chi connectivity index (χ1) is 8.59. The van der Waals surface area contributed by atoms with E-state index in [0.29, 0.717) is 22.3 Å². The van der Waals surface area contributed by atoms with Gasteiger partial charge in [0.25, 0.3) is 0 Å². The minimum Gasteiger partial charge on any atom is -0.289 e. The second kappa shape index (κ2) is 3.64. The summed E-state index contributed by atoms with van der Waals surface area (Å²) >= 11 is 0. The van der Waals surface area contributed by atoms with Crippen LogP contribution in [0.4, 0.5) is 0 Å². The summed E-state index contributed by atoms with van der Waals surface area (Å²) < 4.78 is 0. The van der Waals surface area contributed by atoms with Gasteiger partial charge in [-0.1, -0.05) is 35.9 Å². The summed E-state index contributed by atoms with van der Waals surface area (Å²) in [7, 11) is 0. The van der Waals surface area contributed by atoms with Crippen LogP contribution in [0.1, 0.15) is 43.0 Å². The SMILES string of the molecule is Cc1ccc2c(c1)C(=O)c1c(C)cccc1C2=O. The Balaban J connectivity index is 2.36. The molecule has 3 rings (SSSR count). The van der Waals surface area contributed by atoms with Crippen LogP contribution in [0.5, 0.6) is 0 Å². The first kappa shape index (κ1) is 10.9. The van der Waals surface area contributed by atoms with Gasteiger partial charge in [-0.25, -0.2) is 0 Å². The van der Waals surface area contributed by atoms with Crippen molar-refractivity contribution < 1.29 is 9.59 Å². The lowest BCUT2D eigenvalue weighted by molar-refractivity contribution is 0.0978. The molecule has 0 saturated heterocycles. The Kier molecular flexibility index (Phi) is 2.20. The average molecular weight is 236 g/mol. The number of rotatable bonds is 0. The molecule has 0 spiro atoms. The van der Waals surface area contributed by atoms with E-state index in [1.54, 1.807) is 18.2 Å². The highest BCUT2D eigenvalue weighted by molar-refractivity contribution is 6.28. The molecule has 0 aliphatic heterocycles. The van der Waals surface area contributed by atoms with Crippen LogP contribution >= 0.6 is 0 Å². The monoisotopic (exact) mass is 236 g/mol. The van der Waals surface area contributed by atoms with Crippen molar-refractivity contribution in [3.8, 4) is 0 Å². The fraction of sp³-hybridized carbons (Fsp3) is 0.125. The molecule has 0 amide bonds. The van der Waals surface area contributed by atoms with E-state index in [1.807, 2.05) is 32.0 Å². The molecule has 0 unspecified atom stereocenters.